The van der Waals surface area contributed by atoms with Crippen LogP contribution in [0.1, 0.15) is 16.1 Å². The Labute approximate surface area is 106 Å². The summed E-state index contributed by atoms with van der Waals surface area (Å²) >= 11 is 3.06. The topological polar surface area (TPSA) is 47.8 Å². The monoisotopic (exact) mass is 297 g/mol. The predicted octanol–water partition coefficient (Wildman–Crippen LogP) is 2.14. The summed E-state index contributed by atoms with van der Waals surface area (Å²) < 4.78 is 15.0. The highest BCUT2D eigenvalue weighted by molar-refractivity contribution is 9.10. The quantitative estimate of drug-likeness (QED) is 0.816. The molecule has 0 spiro atoms. The summed E-state index contributed by atoms with van der Waals surface area (Å²) in [6.45, 7) is 0. The van der Waals surface area contributed by atoms with Gasteiger partial charge in [-0.1, -0.05) is 17.3 Å². The van der Waals surface area contributed by atoms with Gasteiger partial charge >= 0.3 is 0 Å². The largest absolute Gasteiger partial charge is 0.294 e. The van der Waals surface area contributed by atoms with E-state index >= 15 is 0 Å². The van der Waals surface area contributed by atoms with Crippen molar-refractivity contribution in [3.8, 4) is 0 Å². The SMILES string of the molecule is Cn1cc(CC(=O)c2cccc(F)c2Br)nn1. The molecule has 17 heavy (non-hydrogen) atoms. The van der Waals surface area contributed by atoms with Crippen molar-refractivity contribution in [2.75, 3.05) is 0 Å². The van der Waals surface area contributed by atoms with Crippen molar-refractivity contribution in [2.45, 2.75) is 6.42 Å². The Hall–Kier alpha value is -1.56. The molecule has 0 bridgehead atoms. The van der Waals surface area contributed by atoms with Gasteiger partial charge in [-0.15, -0.1) is 5.10 Å². The molecule has 0 unspecified atom stereocenters. The number of aromatic nitrogens is 3. The number of ketones is 1. The Morgan fingerprint density at radius 2 is 2.29 bits per heavy atom. The van der Waals surface area contributed by atoms with Crippen molar-refractivity contribution >= 4 is 21.7 Å². The summed E-state index contributed by atoms with van der Waals surface area (Å²) in [5, 5.41) is 7.55. The van der Waals surface area contributed by atoms with E-state index in [1.807, 2.05) is 0 Å². The zero-order valence-electron chi connectivity index (χ0n) is 9.02. The van der Waals surface area contributed by atoms with Gasteiger partial charge in [-0.3, -0.25) is 9.48 Å². The van der Waals surface area contributed by atoms with E-state index in [1.165, 1.54) is 16.8 Å². The lowest BCUT2D eigenvalue weighted by molar-refractivity contribution is 0.0990. The van der Waals surface area contributed by atoms with Crippen LogP contribution in [-0.2, 0) is 13.5 Å². The average molecular weight is 298 g/mol. The molecule has 0 fully saturated rings. The summed E-state index contributed by atoms with van der Waals surface area (Å²) in [6, 6.07) is 4.37. The van der Waals surface area contributed by atoms with E-state index in [1.54, 1.807) is 19.3 Å². The van der Waals surface area contributed by atoms with Gasteiger partial charge in [0.25, 0.3) is 0 Å². The van der Waals surface area contributed by atoms with Crippen LogP contribution in [0.25, 0.3) is 0 Å². The molecule has 2 rings (SSSR count). The summed E-state index contributed by atoms with van der Waals surface area (Å²) in [7, 11) is 1.72. The molecular formula is C11H9BrFN3O. The lowest BCUT2D eigenvalue weighted by Crippen LogP contribution is -2.05. The standard InChI is InChI=1S/C11H9BrFN3O/c1-16-6-7(14-15-16)5-10(17)8-3-2-4-9(13)11(8)12/h2-4,6H,5H2,1H3. The van der Waals surface area contributed by atoms with E-state index in [9.17, 15) is 9.18 Å². The Kier molecular flexibility index (Phi) is 3.33. The minimum atomic E-state index is -0.449. The Morgan fingerprint density at radius 3 is 2.94 bits per heavy atom. The van der Waals surface area contributed by atoms with Crippen molar-refractivity contribution in [1.82, 2.24) is 15.0 Å². The van der Waals surface area contributed by atoms with Crippen LogP contribution < -0.4 is 0 Å². The minimum absolute atomic E-state index is 0.107. The van der Waals surface area contributed by atoms with Gasteiger partial charge in [-0.25, -0.2) is 4.39 Å². The van der Waals surface area contributed by atoms with E-state index in [0.29, 0.717) is 11.3 Å². The van der Waals surface area contributed by atoms with Crippen molar-refractivity contribution in [3.05, 3.63) is 45.9 Å². The van der Waals surface area contributed by atoms with E-state index in [-0.39, 0.29) is 16.7 Å². The van der Waals surface area contributed by atoms with Crippen LogP contribution in [0.15, 0.2) is 28.9 Å². The van der Waals surface area contributed by atoms with E-state index in [0.717, 1.165) is 0 Å². The first-order valence-electron chi connectivity index (χ1n) is 4.90. The van der Waals surface area contributed by atoms with Gasteiger partial charge in [0, 0.05) is 18.8 Å². The molecule has 0 aliphatic rings. The van der Waals surface area contributed by atoms with Gasteiger partial charge in [0.15, 0.2) is 5.78 Å². The third-order valence-corrected chi connectivity index (χ3v) is 3.05. The summed E-state index contributed by atoms with van der Waals surface area (Å²) in [4.78, 5) is 11.9. The van der Waals surface area contributed by atoms with Crippen LogP contribution in [0.2, 0.25) is 0 Å². The van der Waals surface area contributed by atoms with Gasteiger partial charge in [0.05, 0.1) is 16.6 Å². The maximum Gasteiger partial charge on any atom is 0.170 e. The second-order valence-electron chi connectivity index (χ2n) is 3.58. The molecule has 1 heterocycles. The first kappa shape index (κ1) is 11.9. The summed E-state index contributed by atoms with van der Waals surface area (Å²) in [5.74, 6) is -0.646. The first-order valence-corrected chi connectivity index (χ1v) is 5.69. The molecule has 88 valence electrons. The predicted molar refractivity (Wildman–Crippen MR) is 63.1 cm³/mol. The molecule has 0 saturated carbocycles. The summed E-state index contributed by atoms with van der Waals surface area (Å²) in [6.07, 6.45) is 1.76. The van der Waals surface area contributed by atoms with Crippen LogP contribution >= 0.6 is 15.9 Å². The van der Waals surface area contributed by atoms with Gasteiger partial charge in [0.2, 0.25) is 0 Å². The maximum atomic E-state index is 13.3. The number of hydrogen-bond acceptors (Lipinski definition) is 3. The fourth-order valence-corrected chi connectivity index (χ4v) is 1.94. The fourth-order valence-electron chi connectivity index (χ4n) is 1.46. The van der Waals surface area contributed by atoms with Crippen LogP contribution in [0.5, 0.6) is 0 Å². The molecule has 0 saturated heterocycles. The highest BCUT2D eigenvalue weighted by atomic mass is 79.9. The Morgan fingerprint density at radius 1 is 1.53 bits per heavy atom. The highest BCUT2D eigenvalue weighted by Crippen LogP contribution is 2.21. The minimum Gasteiger partial charge on any atom is -0.294 e. The molecule has 0 N–H and O–H groups in total. The van der Waals surface area contributed by atoms with Gasteiger partial charge in [-0.2, -0.15) is 0 Å². The van der Waals surface area contributed by atoms with Crippen molar-refractivity contribution in [2.24, 2.45) is 7.05 Å². The highest BCUT2D eigenvalue weighted by Gasteiger charge is 2.14. The smallest absolute Gasteiger partial charge is 0.170 e. The lowest BCUT2D eigenvalue weighted by atomic mass is 10.1. The fraction of sp³-hybridized carbons (Fsp3) is 0.182. The molecule has 4 nitrogen and oxygen atoms in total. The van der Waals surface area contributed by atoms with Crippen LogP contribution in [0.4, 0.5) is 4.39 Å². The van der Waals surface area contributed by atoms with Crippen LogP contribution in [0, 0.1) is 5.82 Å². The van der Waals surface area contributed by atoms with E-state index < -0.39 is 5.82 Å². The van der Waals surface area contributed by atoms with Gasteiger partial charge < -0.3 is 0 Å². The number of Topliss-reactive ketones (excluding diaryl/α,β-unsaturated/α-hetero) is 1. The number of aryl methyl sites for hydroxylation is 1. The zero-order chi connectivity index (χ0) is 12.4. The van der Waals surface area contributed by atoms with E-state index in [2.05, 4.69) is 26.2 Å². The Bertz CT molecular complexity index is 568. The van der Waals surface area contributed by atoms with Gasteiger partial charge in [0.1, 0.15) is 5.82 Å². The lowest BCUT2D eigenvalue weighted by Gasteiger charge is -2.02. The van der Waals surface area contributed by atoms with Crippen LogP contribution in [-0.4, -0.2) is 20.8 Å². The van der Waals surface area contributed by atoms with Crippen molar-refractivity contribution in [3.63, 3.8) is 0 Å². The summed E-state index contributed by atoms with van der Waals surface area (Å²) in [5.41, 5.74) is 0.879. The molecule has 2 aromatic rings. The molecule has 0 aliphatic heterocycles. The Balaban J connectivity index is 2.23. The molecule has 0 atom stereocenters. The van der Waals surface area contributed by atoms with Crippen molar-refractivity contribution in [1.29, 1.82) is 0 Å². The molecule has 0 radical (unpaired) electrons. The van der Waals surface area contributed by atoms with Crippen LogP contribution in [0.3, 0.4) is 0 Å². The van der Waals surface area contributed by atoms with Gasteiger partial charge in [-0.05, 0) is 22.0 Å². The number of halogens is 2. The molecule has 1 aromatic carbocycles. The molecule has 0 amide bonds. The average Bonchev–Trinajstić information content (AvgIpc) is 2.68. The number of carbonyl (C=O) groups excluding carboxylic acids is 1. The second-order valence-corrected chi connectivity index (χ2v) is 4.38. The maximum absolute atomic E-state index is 13.3. The number of rotatable bonds is 3. The number of hydrogen-bond donors (Lipinski definition) is 0. The first-order chi connectivity index (χ1) is 8.08. The molecular weight excluding hydrogens is 289 g/mol. The third kappa shape index (κ3) is 2.58. The normalized spacial score (nSPS) is 10.5. The number of carbonyl (C=O) groups is 1. The molecule has 1 aromatic heterocycles. The van der Waals surface area contributed by atoms with Crippen molar-refractivity contribution < 1.29 is 9.18 Å². The molecule has 6 heteroatoms. The second kappa shape index (κ2) is 4.75. The zero-order valence-corrected chi connectivity index (χ0v) is 10.6. The number of nitrogens with zero attached hydrogens (tertiary/aromatic N) is 3. The van der Waals surface area contributed by atoms with E-state index in [4.69, 9.17) is 0 Å². The third-order valence-electron chi connectivity index (χ3n) is 2.24. The number of benzene rings is 1. The molecule has 0 aliphatic carbocycles.